The maximum Gasteiger partial charge on any atom is 0.0437 e. The highest BCUT2D eigenvalue weighted by Crippen LogP contribution is 2.27. The summed E-state index contributed by atoms with van der Waals surface area (Å²) in [7, 11) is 0. The number of aryl methyl sites for hydroxylation is 1. The smallest absolute Gasteiger partial charge is 0.0437 e. The van der Waals surface area contributed by atoms with Gasteiger partial charge in [-0.05, 0) is 42.9 Å². The molecule has 18 heavy (non-hydrogen) atoms. The van der Waals surface area contributed by atoms with Crippen LogP contribution in [0.5, 0.6) is 0 Å². The van der Waals surface area contributed by atoms with Gasteiger partial charge in [0.1, 0.15) is 0 Å². The number of hydrogen-bond acceptors (Lipinski definition) is 1. The van der Waals surface area contributed by atoms with Gasteiger partial charge in [-0.3, -0.25) is 4.98 Å². The van der Waals surface area contributed by atoms with Crippen LogP contribution in [0.25, 0.3) is 0 Å². The van der Waals surface area contributed by atoms with Crippen molar-refractivity contribution in [3.63, 3.8) is 0 Å². The fraction of sp³-hybridized carbons (Fsp3) is 0.706. The predicted molar refractivity (Wildman–Crippen MR) is 80.2 cm³/mol. The topological polar surface area (TPSA) is 12.9 Å². The van der Waals surface area contributed by atoms with Crippen LogP contribution in [-0.4, -0.2) is 4.98 Å². The lowest BCUT2D eigenvalue weighted by Crippen LogP contribution is -2.03. The lowest BCUT2D eigenvalue weighted by molar-refractivity contribution is 0.542. The highest BCUT2D eigenvalue weighted by atomic mass is 14.7. The first-order valence-corrected chi connectivity index (χ1v) is 7.56. The molecule has 0 aliphatic carbocycles. The number of aromatic nitrogens is 1. The monoisotopic (exact) mass is 247 g/mol. The Kier molecular flexibility index (Phi) is 6.38. The number of rotatable bonds is 7. The number of pyridine rings is 1. The Bertz CT molecular complexity index is 355. The molecule has 1 aromatic heterocycles. The first-order valence-electron chi connectivity index (χ1n) is 7.56. The van der Waals surface area contributed by atoms with Crippen molar-refractivity contribution in [1.29, 1.82) is 0 Å². The van der Waals surface area contributed by atoms with Crippen molar-refractivity contribution in [3.05, 3.63) is 29.1 Å². The van der Waals surface area contributed by atoms with Gasteiger partial charge in [0, 0.05) is 17.8 Å². The number of hydrogen-bond donors (Lipinski definition) is 0. The van der Waals surface area contributed by atoms with E-state index in [-0.39, 0.29) is 0 Å². The van der Waals surface area contributed by atoms with E-state index in [1.807, 2.05) is 0 Å². The third kappa shape index (κ3) is 4.12. The van der Waals surface area contributed by atoms with E-state index in [1.54, 1.807) is 0 Å². The molecule has 0 bridgehead atoms. The second-order valence-corrected chi connectivity index (χ2v) is 5.72. The third-order valence-corrected chi connectivity index (χ3v) is 3.86. The van der Waals surface area contributed by atoms with Gasteiger partial charge in [-0.1, -0.05) is 47.0 Å². The second-order valence-electron chi connectivity index (χ2n) is 5.72. The molecule has 0 saturated carbocycles. The molecule has 102 valence electrons. The Labute approximate surface area is 113 Å². The van der Waals surface area contributed by atoms with Crippen LogP contribution in [0.15, 0.2) is 12.3 Å². The van der Waals surface area contributed by atoms with Crippen LogP contribution in [0.2, 0.25) is 0 Å². The van der Waals surface area contributed by atoms with E-state index in [0.29, 0.717) is 11.8 Å². The van der Waals surface area contributed by atoms with E-state index in [9.17, 15) is 0 Å². The molecule has 1 heteroatoms. The largest absolute Gasteiger partial charge is 0.261 e. The Morgan fingerprint density at radius 2 is 1.89 bits per heavy atom. The summed E-state index contributed by atoms with van der Waals surface area (Å²) in [5.74, 6) is 1.23. The summed E-state index contributed by atoms with van der Waals surface area (Å²) in [6, 6.07) is 2.31. The van der Waals surface area contributed by atoms with Crippen molar-refractivity contribution in [1.82, 2.24) is 4.98 Å². The molecule has 0 fully saturated rings. The Morgan fingerprint density at radius 1 is 1.17 bits per heavy atom. The van der Waals surface area contributed by atoms with Crippen LogP contribution < -0.4 is 0 Å². The van der Waals surface area contributed by atoms with Gasteiger partial charge in [0.15, 0.2) is 0 Å². The molecular weight excluding hydrogens is 218 g/mol. The third-order valence-electron chi connectivity index (χ3n) is 3.86. The predicted octanol–water partition coefficient (Wildman–Crippen LogP) is 5.59. The minimum absolute atomic E-state index is 0.576. The SMILES string of the molecule is CCCCCC(CC)c1cc(C)c(C(C)C)cn1. The van der Waals surface area contributed by atoms with Crippen LogP contribution in [0.1, 0.15) is 88.5 Å². The van der Waals surface area contributed by atoms with Gasteiger partial charge < -0.3 is 0 Å². The molecule has 0 aromatic carbocycles. The summed E-state index contributed by atoms with van der Waals surface area (Å²) < 4.78 is 0. The van der Waals surface area contributed by atoms with E-state index in [1.165, 1.54) is 48.9 Å². The van der Waals surface area contributed by atoms with Crippen LogP contribution in [-0.2, 0) is 0 Å². The average molecular weight is 247 g/mol. The first kappa shape index (κ1) is 15.2. The van der Waals surface area contributed by atoms with Gasteiger partial charge in [-0.25, -0.2) is 0 Å². The van der Waals surface area contributed by atoms with Crippen molar-refractivity contribution in [2.75, 3.05) is 0 Å². The molecule has 1 aromatic rings. The molecule has 0 spiro atoms. The molecule has 0 aliphatic heterocycles. The Morgan fingerprint density at radius 3 is 2.39 bits per heavy atom. The van der Waals surface area contributed by atoms with Crippen molar-refractivity contribution in [3.8, 4) is 0 Å². The average Bonchev–Trinajstić information content (AvgIpc) is 2.34. The molecule has 0 aliphatic rings. The second kappa shape index (κ2) is 7.56. The minimum Gasteiger partial charge on any atom is -0.261 e. The highest BCUT2D eigenvalue weighted by Gasteiger charge is 2.12. The maximum atomic E-state index is 4.71. The van der Waals surface area contributed by atoms with E-state index in [0.717, 1.165) is 0 Å². The Hall–Kier alpha value is -0.850. The molecule has 1 heterocycles. The maximum absolute atomic E-state index is 4.71. The van der Waals surface area contributed by atoms with Crippen molar-refractivity contribution >= 4 is 0 Å². The molecule has 1 rings (SSSR count). The molecule has 0 saturated heterocycles. The zero-order valence-corrected chi connectivity index (χ0v) is 12.8. The summed E-state index contributed by atoms with van der Waals surface area (Å²) >= 11 is 0. The zero-order valence-electron chi connectivity index (χ0n) is 12.8. The van der Waals surface area contributed by atoms with Crippen molar-refractivity contribution in [2.24, 2.45) is 0 Å². The van der Waals surface area contributed by atoms with Gasteiger partial charge in [-0.2, -0.15) is 0 Å². The fourth-order valence-electron chi connectivity index (χ4n) is 2.62. The molecule has 0 N–H and O–H groups in total. The van der Waals surface area contributed by atoms with Crippen LogP contribution in [0, 0.1) is 6.92 Å². The Balaban J connectivity index is 2.77. The molecule has 1 nitrogen and oxygen atoms in total. The standard InChI is InChI=1S/C17H29N/c1-6-8-9-10-15(7-2)17-11-14(5)16(12-18-17)13(3)4/h11-13,15H,6-10H2,1-5H3. The van der Waals surface area contributed by atoms with E-state index >= 15 is 0 Å². The first-order chi connectivity index (χ1) is 8.60. The lowest BCUT2D eigenvalue weighted by Gasteiger charge is -2.17. The number of unbranched alkanes of at least 4 members (excludes halogenated alkanes) is 2. The van der Waals surface area contributed by atoms with Crippen LogP contribution in [0.4, 0.5) is 0 Å². The highest BCUT2D eigenvalue weighted by molar-refractivity contribution is 5.29. The van der Waals surface area contributed by atoms with E-state index in [2.05, 4.69) is 46.9 Å². The van der Waals surface area contributed by atoms with Crippen molar-refractivity contribution < 1.29 is 0 Å². The number of nitrogens with zero attached hydrogens (tertiary/aromatic N) is 1. The van der Waals surface area contributed by atoms with Gasteiger partial charge in [-0.15, -0.1) is 0 Å². The van der Waals surface area contributed by atoms with E-state index in [4.69, 9.17) is 4.98 Å². The summed E-state index contributed by atoms with van der Waals surface area (Å²) in [5.41, 5.74) is 4.10. The van der Waals surface area contributed by atoms with E-state index < -0.39 is 0 Å². The summed E-state index contributed by atoms with van der Waals surface area (Å²) in [6.07, 6.45) is 8.57. The van der Waals surface area contributed by atoms with Gasteiger partial charge in [0.25, 0.3) is 0 Å². The molecular formula is C17H29N. The summed E-state index contributed by atoms with van der Waals surface area (Å²) in [4.78, 5) is 4.71. The summed E-state index contributed by atoms with van der Waals surface area (Å²) in [5, 5.41) is 0. The van der Waals surface area contributed by atoms with Gasteiger partial charge in [0.2, 0.25) is 0 Å². The molecule has 0 radical (unpaired) electrons. The van der Waals surface area contributed by atoms with Gasteiger partial charge in [0.05, 0.1) is 0 Å². The minimum atomic E-state index is 0.576. The molecule has 1 atom stereocenters. The molecule has 0 amide bonds. The van der Waals surface area contributed by atoms with Crippen LogP contribution >= 0.6 is 0 Å². The summed E-state index contributed by atoms with van der Waals surface area (Å²) in [6.45, 7) is 11.2. The van der Waals surface area contributed by atoms with Crippen LogP contribution in [0.3, 0.4) is 0 Å². The van der Waals surface area contributed by atoms with Crippen molar-refractivity contribution in [2.45, 2.75) is 78.6 Å². The lowest BCUT2D eigenvalue weighted by atomic mass is 9.92. The fourth-order valence-corrected chi connectivity index (χ4v) is 2.62. The quantitative estimate of drug-likeness (QED) is 0.572. The molecule has 1 unspecified atom stereocenters. The normalized spacial score (nSPS) is 13.0. The zero-order chi connectivity index (χ0) is 13.5. The van der Waals surface area contributed by atoms with Gasteiger partial charge >= 0.3 is 0 Å².